The first-order valence-corrected chi connectivity index (χ1v) is 31.8. The molecule has 0 N–H and O–H groups in total. The van der Waals surface area contributed by atoms with Gasteiger partial charge in [-0.2, -0.15) is 0 Å². The van der Waals surface area contributed by atoms with E-state index in [2.05, 4.69) is 45.1 Å². The molecule has 0 saturated heterocycles. The Kier molecular flexibility index (Phi) is 58.6. The van der Waals surface area contributed by atoms with Gasteiger partial charge < -0.3 is 14.2 Å². The van der Waals surface area contributed by atoms with Gasteiger partial charge in [0, 0.05) is 19.3 Å². The number of hydrogen-bond acceptors (Lipinski definition) is 6. The van der Waals surface area contributed by atoms with E-state index in [1.54, 1.807) is 0 Å². The highest BCUT2D eigenvalue weighted by Crippen LogP contribution is 2.17. The van der Waals surface area contributed by atoms with Crippen LogP contribution in [0.25, 0.3) is 0 Å². The van der Waals surface area contributed by atoms with Crippen molar-refractivity contribution in [2.24, 2.45) is 0 Å². The molecule has 0 spiro atoms. The lowest BCUT2D eigenvalue weighted by molar-refractivity contribution is -0.167. The molecule has 0 radical (unpaired) electrons. The Morgan fingerprint density at radius 3 is 0.704 bits per heavy atom. The molecule has 0 aliphatic carbocycles. The third-order valence-corrected chi connectivity index (χ3v) is 14.4. The summed E-state index contributed by atoms with van der Waals surface area (Å²) in [6.07, 6.45) is 71.8. The first kappa shape index (κ1) is 68.9. The highest BCUT2D eigenvalue weighted by Gasteiger charge is 2.19. The van der Waals surface area contributed by atoms with Crippen LogP contribution < -0.4 is 0 Å². The van der Waals surface area contributed by atoms with Crippen molar-refractivity contribution < 1.29 is 28.6 Å². The molecule has 0 aliphatic heterocycles. The van der Waals surface area contributed by atoms with Gasteiger partial charge in [-0.05, 0) is 70.6 Å². The number of rotatable bonds is 59. The van der Waals surface area contributed by atoms with Crippen LogP contribution in [0.3, 0.4) is 0 Å². The third kappa shape index (κ3) is 58.7. The molecule has 0 bridgehead atoms. The maximum Gasteiger partial charge on any atom is 0.306 e. The van der Waals surface area contributed by atoms with Gasteiger partial charge in [0.25, 0.3) is 0 Å². The summed E-state index contributed by atoms with van der Waals surface area (Å²) in [6, 6.07) is 0. The Labute approximate surface area is 443 Å². The van der Waals surface area contributed by atoms with Crippen molar-refractivity contribution in [3.63, 3.8) is 0 Å². The lowest BCUT2D eigenvalue weighted by atomic mass is 10.0. The summed E-state index contributed by atoms with van der Waals surface area (Å²) < 4.78 is 16.9. The second kappa shape index (κ2) is 60.4. The monoisotopic (exact) mass is 999 g/mol. The van der Waals surface area contributed by atoms with E-state index < -0.39 is 6.10 Å². The second-order valence-electron chi connectivity index (χ2n) is 21.7. The minimum atomic E-state index is -0.775. The van der Waals surface area contributed by atoms with Gasteiger partial charge in [0.15, 0.2) is 6.10 Å². The molecular weight excluding hydrogens is 877 g/mol. The fourth-order valence-corrected chi connectivity index (χ4v) is 9.61. The Morgan fingerprint density at radius 2 is 0.465 bits per heavy atom. The van der Waals surface area contributed by atoms with E-state index in [4.69, 9.17) is 14.2 Å². The van der Waals surface area contributed by atoms with Crippen molar-refractivity contribution in [3.05, 3.63) is 24.3 Å². The van der Waals surface area contributed by atoms with E-state index in [9.17, 15) is 14.4 Å². The largest absolute Gasteiger partial charge is 0.462 e. The number of carbonyl (C=O) groups is 3. The molecule has 0 aromatic heterocycles. The van der Waals surface area contributed by atoms with Crippen molar-refractivity contribution in [1.82, 2.24) is 0 Å². The first-order chi connectivity index (χ1) is 35.0. The van der Waals surface area contributed by atoms with Crippen LogP contribution in [-0.4, -0.2) is 37.2 Å². The van der Waals surface area contributed by atoms with Gasteiger partial charge in [-0.3, -0.25) is 14.4 Å². The zero-order chi connectivity index (χ0) is 51.4. The van der Waals surface area contributed by atoms with Gasteiger partial charge in [-0.25, -0.2) is 0 Å². The summed E-state index contributed by atoms with van der Waals surface area (Å²) in [6.45, 7) is 6.70. The quantitative estimate of drug-likeness (QED) is 0.0261. The fourth-order valence-electron chi connectivity index (χ4n) is 9.61. The zero-order valence-electron chi connectivity index (χ0n) is 48.0. The predicted molar refractivity (Wildman–Crippen MR) is 307 cm³/mol. The smallest absolute Gasteiger partial charge is 0.306 e. The zero-order valence-corrected chi connectivity index (χ0v) is 48.0. The van der Waals surface area contributed by atoms with Crippen molar-refractivity contribution in [1.29, 1.82) is 0 Å². The van der Waals surface area contributed by atoms with Crippen LogP contribution in [0.5, 0.6) is 0 Å². The summed E-state index contributed by atoms with van der Waals surface area (Å²) in [5.74, 6) is -0.858. The number of carbonyl (C=O) groups excluding carboxylic acids is 3. The van der Waals surface area contributed by atoms with E-state index in [1.807, 2.05) is 0 Å². The molecule has 0 fully saturated rings. The maximum absolute atomic E-state index is 12.9. The highest BCUT2D eigenvalue weighted by molar-refractivity contribution is 5.71. The lowest BCUT2D eigenvalue weighted by Gasteiger charge is -2.18. The Morgan fingerprint density at radius 1 is 0.268 bits per heavy atom. The Bertz CT molecular complexity index is 1150. The van der Waals surface area contributed by atoms with Crippen molar-refractivity contribution in [3.8, 4) is 0 Å². The number of esters is 3. The van der Waals surface area contributed by atoms with Crippen molar-refractivity contribution >= 4 is 17.9 Å². The van der Waals surface area contributed by atoms with Gasteiger partial charge >= 0.3 is 17.9 Å². The lowest BCUT2D eigenvalue weighted by Crippen LogP contribution is -2.30. The Hall–Kier alpha value is -2.11. The molecule has 0 saturated carbocycles. The highest BCUT2D eigenvalue weighted by atomic mass is 16.6. The molecule has 6 heteroatoms. The number of ether oxygens (including phenoxy) is 3. The molecular formula is C65H122O6. The van der Waals surface area contributed by atoms with Crippen LogP contribution >= 0.6 is 0 Å². The molecule has 0 aromatic rings. The first-order valence-electron chi connectivity index (χ1n) is 31.8. The molecule has 6 nitrogen and oxygen atoms in total. The maximum atomic E-state index is 12.9. The van der Waals surface area contributed by atoms with Crippen molar-refractivity contribution in [2.45, 2.75) is 361 Å². The molecule has 0 aromatic carbocycles. The van der Waals surface area contributed by atoms with Gasteiger partial charge in [0.1, 0.15) is 13.2 Å². The molecule has 1 unspecified atom stereocenters. The SMILES string of the molecule is CCCCCCCCCC/C=C\CCCCCCCCCC(=O)OCC(COC(=O)CCCCCCCCCCCCCCCCCC)OC(=O)CCCCCCC/C=C\CCCCCCCCCCC. The van der Waals surface area contributed by atoms with Gasteiger partial charge in [0.05, 0.1) is 0 Å². The number of hydrogen-bond donors (Lipinski definition) is 0. The third-order valence-electron chi connectivity index (χ3n) is 14.4. The van der Waals surface area contributed by atoms with Crippen molar-refractivity contribution in [2.75, 3.05) is 13.2 Å². The molecule has 71 heavy (non-hydrogen) atoms. The van der Waals surface area contributed by atoms with E-state index in [0.29, 0.717) is 19.3 Å². The molecule has 0 aliphatic rings. The minimum Gasteiger partial charge on any atom is -0.462 e. The Balaban J connectivity index is 4.34. The van der Waals surface area contributed by atoms with E-state index in [-0.39, 0.29) is 31.1 Å². The minimum absolute atomic E-state index is 0.0710. The van der Waals surface area contributed by atoms with Gasteiger partial charge in [-0.1, -0.05) is 289 Å². The summed E-state index contributed by atoms with van der Waals surface area (Å²) >= 11 is 0. The molecule has 0 rings (SSSR count). The standard InChI is InChI=1S/C65H122O6/c1-4-7-10-13-16-19-22-25-28-31-33-35-37-40-43-46-49-52-55-58-64(67)70-61-62(60-69-63(66)57-54-51-48-45-42-39-36-30-27-24-21-18-15-12-9-6-3)71-65(68)59-56-53-50-47-44-41-38-34-32-29-26-23-20-17-14-11-8-5-2/h31,33-34,38,62H,4-30,32,35-37,39-61H2,1-3H3/b33-31-,38-34-. The molecule has 1 atom stereocenters. The summed E-state index contributed by atoms with van der Waals surface area (Å²) in [5.41, 5.74) is 0. The van der Waals surface area contributed by atoms with Crippen LogP contribution in [0.2, 0.25) is 0 Å². The average Bonchev–Trinajstić information content (AvgIpc) is 3.37. The topological polar surface area (TPSA) is 78.9 Å². The molecule has 0 amide bonds. The normalized spacial score (nSPS) is 12.1. The van der Waals surface area contributed by atoms with Crippen LogP contribution in [-0.2, 0) is 28.6 Å². The van der Waals surface area contributed by atoms with Crippen LogP contribution in [0.4, 0.5) is 0 Å². The van der Waals surface area contributed by atoms with Gasteiger partial charge in [-0.15, -0.1) is 0 Å². The second-order valence-corrected chi connectivity index (χ2v) is 21.7. The summed E-state index contributed by atoms with van der Waals surface area (Å²) in [7, 11) is 0. The van der Waals surface area contributed by atoms with Crippen LogP contribution in [0.1, 0.15) is 355 Å². The van der Waals surface area contributed by atoms with E-state index in [0.717, 1.165) is 64.2 Å². The summed E-state index contributed by atoms with van der Waals surface area (Å²) in [5, 5.41) is 0. The molecule has 0 heterocycles. The fraction of sp³-hybridized carbons (Fsp3) is 0.892. The molecule has 418 valence electrons. The van der Waals surface area contributed by atoms with Crippen LogP contribution in [0, 0.1) is 0 Å². The van der Waals surface area contributed by atoms with Crippen LogP contribution in [0.15, 0.2) is 24.3 Å². The van der Waals surface area contributed by atoms with E-state index >= 15 is 0 Å². The number of allylic oxidation sites excluding steroid dienone is 4. The summed E-state index contributed by atoms with van der Waals surface area (Å²) in [4.78, 5) is 38.3. The van der Waals surface area contributed by atoms with E-state index in [1.165, 1.54) is 250 Å². The average molecular weight is 1000 g/mol. The predicted octanol–water partition coefficient (Wildman–Crippen LogP) is 21.4. The van der Waals surface area contributed by atoms with Gasteiger partial charge in [0.2, 0.25) is 0 Å². The number of unbranched alkanes of at least 4 members (excludes halogenated alkanes) is 44.